The zero-order valence-corrected chi connectivity index (χ0v) is 12.3. The summed E-state index contributed by atoms with van der Waals surface area (Å²) in [4.78, 5) is 24.1. The van der Waals surface area contributed by atoms with Gasteiger partial charge >= 0.3 is 0 Å². The highest BCUT2D eigenvalue weighted by Gasteiger charge is 2.16. The summed E-state index contributed by atoms with van der Waals surface area (Å²) in [5, 5.41) is 0. The predicted octanol–water partition coefficient (Wildman–Crippen LogP) is 2.30. The number of rotatable bonds is 8. The molecular formula is C16H24N2O2. The molecule has 0 fully saturated rings. The van der Waals surface area contributed by atoms with Crippen LogP contribution in [0, 0.1) is 5.92 Å². The summed E-state index contributed by atoms with van der Waals surface area (Å²) in [6.45, 7) is 4.57. The fourth-order valence-electron chi connectivity index (χ4n) is 2.06. The molecule has 1 aromatic rings. The molecule has 0 saturated carbocycles. The van der Waals surface area contributed by atoms with Gasteiger partial charge in [0.25, 0.3) is 0 Å². The van der Waals surface area contributed by atoms with Crippen LogP contribution in [0.4, 0.5) is 0 Å². The molecule has 0 aliphatic carbocycles. The van der Waals surface area contributed by atoms with Gasteiger partial charge in [-0.05, 0) is 31.0 Å². The quantitative estimate of drug-likeness (QED) is 0.563. The molecule has 1 aromatic carbocycles. The third-order valence-electron chi connectivity index (χ3n) is 3.29. The number of Topliss-reactive ketones (excluding diaryl/α,β-unsaturated/α-hetero) is 2. The third kappa shape index (κ3) is 4.25. The number of nitrogens with two attached hydrogens (primary N) is 2. The van der Waals surface area contributed by atoms with Crippen LogP contribution in [-0.2, 0) is 6.54 Å². The van der Waals surface area contributed by atoms with Gasteiger partial charge in [-0.1, -0.05) is 26.0 Å². The minimum Gasteiger partial charge on any atom is -0.330 e. The lowest BCUT2D eigenvalue weighted by molar-refractivity contribution is 0.0935. The minimum absolute atomic E-state index is 0.0626. The van der Waals surface area contributed by atoms with Gasteiger partial charge in [0.2, 0.25) is 0 Å². The van der Waals surface area contributed by atoms with E-state index < -0.39 is 0 Å². The number of carbonyl (C=O) groups is 2. The zero-order chi connectivity index (χ0) is 15.1. The number of ketones is 2. The second kappa shape index (κ2) is 7.92. The Balaban J connectivity index is 2.92. The van der Waals surface area contributed by atoms with Crippen LogP contribution in [-0.4, -0.2) is 18.1 Å². The Bertz CT molecular complexity index is 481. The Morgan fingerprint density at radius 2 is 1.85 bits per heavy atom. The van der Waals surface area contributed by atoms with Crippen LogP contribution in [0.1, 0.15) is 59.4 Å². The van der Waals surface area contributed by atoms with Gasteiger partial charge in [-0.15, -0.1) is 0 Å². The molecule has 1 rings (SSSR count). The lowest BCUT2D eigenvalue weighted by Crippen LogP contribution is -2.14. The van der Waals surface area contributed by atoms with Gasteiger partial charge in [-0.2, -0.15) is 0 Å². The molecule has 4 N–H and O–H groups in total. The van der Waals surface area contributed by atoms with Gasteiger partial charge in [0.15, 0.2) is 11.6 Å². The highest BCUT2D eigenvalue weighted by Crippen LogP contribution is 2.17. The van der Waals surface area contributed by atoms with Crippen LogP contribution < -0.4 is 11.5 Å². The third-order valence-corrected chi connectivity index (χ3v) is 3.29. The molecule has 0 radical (unpaired) electrons. The maximum absolute atomic E-state index is 12.1. The molecule has 0 spiro atoms. The largest absolute Gasteiger partial charge is 0.330 e. The van der Waals surface area contributed by atoms with Gasteiger partial charge in [0, 0.05) is 30.0 Å². The first-order chi connectivity index (χ1) is 9.51. The van der Waals surface area contributed by atoms with E-state index in [2.05, 4.69) is 0 Å². The summed E-state index contributed by atoms with van der Waals surface area (Å²) in [6.07, 6.45) is 2.12. The van der Waals surface area contributed by atoms with Crippen LogP contribution in [0.2, 0.25) is 0 Å². The van der Waals surface area contributed by atoms with Crippen LogP contribution >= 0.6 is 0 Å². The summed E-state index contributed by atoms with van der Waals surface area (Å²) in [6, 6.07) is 5.20. The number of unbranched alkanes of at least 4 members (excludes halogenated alkanes) is 1. The zero-order valence-electron chi connectivity index (χ0n) is 12.3. The number of hydrogen-bond acceptors (Lipinski definition) is 4. The van der Waals surface area contributed by atoms with E-state index in [1.807, 2.05) is 13.8 Å². The maximum Gasteiger partial charge on any atom is 0.165 e. The van der Waals surface area contributed by atoms with Gasteiger partial charge < -0.3 is 11.5 Å². The van der Waals surface area contributed by atoms with Gasteiger partial charge in [-0.3, -0.25) is 9.59 Å². The lowest BCUT2D eigenvalue weighted by Gasteiger charge is -2.11. The minimum atomic E-state index is -0.0774. The van der Waals surface area contributed by atoms with Crippen molar-refractivity contribution in [3.8, 4) is 0 Å². The van der Waals surface area contributed by atoms with Gasteiger partial charge in [-0.25, -0.2) is 0 Å². The Hall–Kier alpha value is -1.52. The monoisotopic (exact) mass is 276 g/mol. The van der Waals surface area contributed by atoms with Crippen LogP contribution in [0.25, 0.3) is 0 Å². The maximum atomic E-state index is 12.1. The van der Waals surface area contributed by atoms with Gasteiger partial charge in [0.1, 0.15) is 0 Å². The molecule has 0 atom stereocenters. The summed E-state index contributed by atoms with van der Waals surface area (Å²) < 4.78 is 0. The number of carbonyl (C=O) groups excluding carboxylic acids is 2. The Labute approximate surface area is 120 Å². The Morgan fingerprint density at radius 1 is 1.15 bits per heavy atom. The predicted molar refractivity (Wildman–Crippen MR) is 80.7 cm³/mol. The Kier molecular flexibility index (Phi) is 6.55. The molecule has 110 valence electrons. The van der Waals surface area contributed by atoms with Crippen molar-refractivity contribution in [3.05, 3.63) is 34.9 Å². The normalized spacial score (nSPS) is 10.8. The summed E-state index contributed by atoms with van der Waals surface area (Å²) in [5.41, 5.74) is 13.1. The van der Waals surface area contributed by atoms with Crippen molar-refractivity contribution in [1.29, 1.82) is 0 Å². The first-order valence-corrected chi connectivity index (χ1v) is 7.11. The van der Waals surface area contributed by atoms with E-state index in [-0.39, 0.29) is 24.0 Å². The van der Waals surface area contributed by atoms with Crippen molar-refractivity contribution >= 4 is 11.6 Å². The topological polar surface area (TPSA) is 86.2 Å². The second-order valence-electron chi connectivity index (χ2n) is 5.26. The fraction of sp³-hybridized carbons (Fsp3) is 0.500. The van der Waals surface area contributed by atoms with Crippen molar-refractivity contribution in [2.24, 2.45) is 17.4 Å². The van der Waals surface area contributed by atoms with Crippen LogP contribution in [0.15, 0.2) is 18.2 Å². The van der Waals surface area contributed by atoms with Gasteiger partial charge in [0.05, 0.1) is 0 Å². The molecule has 4 heteroatoms. The first-order valence-electron chi connectivity index (χ1n) is 7.11. The summed E-state index contributed by atoms with van der Waals surface area (Å²) in [5.74, 6) is 0.0654. The van der Waals surface area contributed by atoms with E-state index in [0.717, 1.165) is 18.4 Å². The summed E-state index contributed by atoms with van der Waals surface area (Å²) >= 11 is 0. The van der Waals surface area contributed by atoms with Crippen LogP contribution in [0.5, 0.6) is 0 Å². The van der Waals surface area contributed by atoms with Crippen molar-refractivity contribution in [2.75, 3.05) is 6.54 Å². The van der Waals surface area contributed by atoms with E-state index in [9.17, 15) is 9.59 Å². The van der Waals surface area contributed by atoms with Crippen molar-refractivity contribution in [1.82, 2.24) is 0 Å². The first kappa shape index (κ1) is 16.5. The fourth-order valence-corrected chi connectivity index (χ4v) is 2.06. The highest BCUT2D eigenvalue weighted by atomic mass is 16.1. The molecule has 0 aliphatic rings. The Morgan fingerprint density at radius 3 is 2.40 bits per heavy atom. The lowest BCUT2D eigenvalue weighted by atomic mass is 9.93. The molecular weight excluding hydrogens is 252 g/mol. The number of benzene rings is 1. The number of hydrogen-bond donors (Lipinski definition) is 2. The second-order valence-corrected chi connectivity index (χ2v) is 5.26. The van der Waals surface area contributed by atoms with E-state index in [1.54, 1.807) is 18.2 Å². The van der Waals surface area contributed by atoms with E-state index >= 15 is 0 Å². The standard InChI is InChI=1S/C16H24N2O2/c1-11(2)16(20)14-7-6-12(9-13(14)10-18)15(19)5-3-4-8-17/h6-7,9,11H,3-5,8,10,17-18H2,1-2H3. The molecule has 0 amide bonds. The highest BCUT2D eigenvalue weighted by molar-refractivity contribution is 6.01. The van der Waals surface area contributed by atoms with Crippen LogP contribution in [0.3, 0.4) is 0 Å². The van der Waals surface area contributed by atoms with Crippen molar-refractivity contribution < 1.29 is 9.59 Å². The SMILES string of the molecule is CC(C)C(=O)c1ccc(C(=O)CCCCN)cc1CN. The van der Waals surface area contributed by atoms with E-state index in [4.69, 9.17) is 11.5 Å². The molecule has 4 nitrogen and oxygen atoms in total. The molecule has 0 aromatic heterocycles. The van der Waals surface area contributed by atoms with Crippen molar-refractivity contribution in [2.45, 2.75) is 39.7 Å². The summed E-state index contributed by atoms with van der Waals surface area (Å²) in [7, 11) is 0. The molecule has 0 saturated heterocycles. The van der Waals surface area contributed by atoms with E-state index in [1.165, 1.54) is 0 Å². The molecule has 0 bridgehead atoms. The average molecular weight is 276 g/mol. The smallest absolute Gasteiger partial charge is 0.165 e. The molecule has 20 heavy (non-hydrogen) atoms. The van der Waals surface area contributed by atoms with Crippen molar-refractivity contribution in [3.63, 3.8) is 0 Å². The van der Waals surface area contributed by atoms with E-state index in [0.29, 0.717) is 24.1 Å². The average Bonchev–Trinajstić information content (AvgIpc) is 2.45. The molecule has 0 heterocycles. The molecule has 0 aliphatic heterocycles. The molecule has 0 unspecified atom stereocenters.